The summed E-state index contributed by atoms with van der Waals surface area (Å²) in [6, 6.07) is -0.610. The van der Waals surface area contributed by atoms with Crippen LogP contribution in [-0.2, 0) is 9.53 Å². The molecule has 0 saturated carbocycles. The number of hydrogen-bond donors (Lipinski definition) is 1. The van der Waals surface area contributed by atoms with Crippen molar-refractivity contribution in [1.29, 1.82) is 0 Å². The topological polar surface area (TPSA) is 58.6 Å². The lowest BCUT2D eigenvalue weighted by molar-refractivity contribution is -0.173. The SMILES string of the molecule is CCN(C(=O)OC(C)(C)C)C(C)CNC(=O)C(F)(F)F. The number of carbonyl (C=O) groups excluding carboxylic acids is 2. The lowest BCUT2D eigenvalue weighted by Crippen LogP contribution is -2.49. The van der Waals surface area contributed by atoms with Crippen molar-refractivity contribution in [3.8, 4) is 0 Å². The van der Waals surface area contributed by atoms with Crippen molar-refractivity contribution in [2.45, 2.75) is 52.4 Å². The average Bonchev–Trinajstić information content (AvgIpc) is 2.22. The van der Waals surface area contributed by atoms with E-state index < -0.39 is 29.8 Å². The molecule has 5 nitrogen and oxygen atoms in total. The molecule has 0 aromatic carbocycles. The maximum absolute atomic E-state index is 12.0. The Hall–Kier alpha value is -1.47. The molecule has 0 aromatic heterocycles. The van der Waals surface area contributed by atoms with Crippen LogP contribution in [-0.4, -0.2) is 47.8 Å². The van der Waals surface area contributed by atoms with Gasteiger partial charge in [-0.15, -0.1) is 0 Å². The molecule has 0 rings (SSSR count). The Bertz CT molecular complexity index is 351. The maximum atomic E-state index is 12.0. The Labute approximate surface area is 116 Å². The van der Waals surface area contributed by atoms with Gasteiger partial charge in [-0.05, 0) is 34.6 Å². The van der Waals surface area contributed by atoms with Crippen LogP contribution in [0.15, 0.2) is 0 Å². The van der Waals surface area contributed by atoms with Crippen LogP contribution in [0, 0.1) is 0 Å². The largest absolute Gasteiger partial charge is 0.471 e. The van der Waals surface area contributed by atoms with E-state index in [4.69, 9.17) is 4.74 Å². The van der Waals surface area contributed by atoms with Crippen LogP contribution >= 0.6 is 0 Å². The number of rotatable bonds is 4. The van der Waals surface area contributed by atoms with Gasteiger partial charge in [0.05, 0.1) is 0 Å². The highest BCUT2D eigenvalue weighted by Gasteiger charge is 2.38. The molecule has 0 aliphatic carbocycles. The molecule has 0 spiro atoms. The smallest absolute Gasteiger partial charge is 0.444 e. The number of alkyl halides is 3. The lowest BCUT2D eigenvalue weighted by atomic mass is 10.2. The third-order valence-electron chi connectivity index (χ3n) is 2.32. The molecule has 0 saturated heterocycles. The third-order valence-corrected chi connectivity index (χ3v) is 2.32. The van der Waals surface area contributed by atoms with E-state index in [1.807, 2.05) is 0 Å². The number of nitrogens with one attached hydrogen (secondary N) is 1. The molecular weight excluding hydrogens is 277 g/mol. The molecule has 0 heterocycles. The van der Waals surface area contributed by atoms with Crippen molar-refractivity contribution in [3.05, 3.63) is 0 Å². The number of halogens is 3. The summed E-state index contributed by atoms with van der Waals surface area (Å²) in [4.78, 5) is 23.8. The molecule has 1 N–H and O–H groups in total. The molecule has 0 aliphatic heterocycles. The normalized spacial score (nSPS) is 13.6. The molecular formula is C12H21F3N2O3. The number of hydrogen-bond acceptors (Lipinski definition) is 3. The number of ether oxygens (including phenoxy) is 1. The number of carbonyl (C=O) groups is 2. The first-order valence-electron chi connectivity index (χ1n) is 6.23. The van der Waals surface area contributed by atoms with Crippen LogP contribution in [0.5, 0.6) is 0 Å². The van der Waals surface area contributed by atoms with Gasteiger partial charge in [0.2, 0.25) is 0 Å². The predicted molar refractivity (Wildman–Crippen MR) is 67.1 cm³/mol. The average molecular weight is 298 g/mol. The molecule has 0 bridgehead atoms. The quantitative estimate of drug-likeness (QED) is 0.866. The van der Waals surface area contributed by atoms with Crippen LogP contribution in [0.3, 0.4) is 0 Å². The van der Waals surface area contributed by atoms with Crippen molar-refractivity contribution in [1.82, 2.24) is 10.2 Å². The highest BCUT2D eigenvalue weighted by molar-refractivity contribution is 5.81. The number of likely N-dealkylation sites (N-methyl/N-ethyl adjacent to an activating group) is 1. The van der Waals surface area contributed by atoms with Crippen molar-refractivity contribution in [3.63, 3.8) is 0 Å². The summed E-state index contributed by atoms with van der Waals surface area (Å²) in [5, 5.41) is 1.74. The minimum Gasteiger partial charge on any atom is -0.444 e. The lowest BCUT2D eigenvalue weighted by Gasteiger charge is -2.31. The van der Waals surface area contributed by atoms with E-state index >= 15 is 0 Å². The van der Waals surface area contributed by atoms with Gasteiger partial charge in [-0.25, -0.2) is 4.79 Å². The van der Waals surface area contributed by atoms with Crippen molar-refractivity contribution in [2.24, 2.45) is 0 Å². The number of nitrogens with zero attached hydrogens (tertiary/aromatic N) is 1. The van der Waals surface area contributed by atoms with Crippen molar-refractivity contribution in [2.75, 3.05) is 13.1 Å². The van der Waals surface area contributed by atoms with E-state index in [9.17, 15) is 22.8 Å². The zero-order valence-electron chi connectivity index (χ0n) is 12.3. The second-order valence-corrected chi connectivity index (χ2v) is 5.32. The molecule has 20 heavy (non-hydrogen) atoms. The maximum Gasteiger partial charge on any atom is 0.471 e. The van der Waals surface area contributed by atoms with Crippen LogP contribution in [0.25, 0.3) is 0 Å². The highest BCUT2D eigenvalue weighted by Crippen LogP contribution is 2.15. The second kappa shape index (κ2) is 6.81. The first-order valence-corrected chi connectivity index (χ1v) is 6.23. The fourth-order valence-corrected chi connectivity index (χ4v) is 1.39. The number of amides is 2. The molecule has 1 unspecified atom stereocenters. The summed E-state index contributed by atoms with van der Waals surface area (Å²) >= 11 is 0. The molecule has 1 atom stereocenters. The van der Waals surface area contributed by atoms with E-state index in [1.54, 1.807) is 33.0 Å². The van der Waals surface area contributed by atoms with Gasteiger partial charge in [0, 0.05) is 19.1 Å². The monoisotopic (exact) mass is 298 g/mol. The third kappa shape index (κ3) is 6.63. The van der Waals surface area contributed by atoms with Gasteiger partial charge in [-0.3, -0.25) is 4.79 Å². The standard InChI is InChI=1S/C12H21F3N2O3/c1-6-17(10(19)20-11(3,4)5)8(2)7-16-9(18)12(13,14)15/h8H,6-7H2,1-5H3,(H,16,18). The van der Waals surface area contributed by atoms with E-state index in [0.29, 0.717) is 0 Å². The Balaban J connectivity index is 4.53. The summed E-state index contributed by atoms with van der Waals surface area (Å²) in [6.45, 7) is 8.23. The van der Waals surface area contributed by atoms with Crippen molar-refractivity contribution < 1.29 is 27.5 Å². The molecule has 118 valence electrons. The molecule has 0 fully saturated rings. The van der Waals surface area contributed by atoms with Crippen LogP contribution in [0.2, 0.25) is 0 Å². The van der Waals surface area contributed by atoms with Gasteiger partial charge < -0.3 is 15.0 Å². The predicted octanol–water partition coefficient (Wildman–Crippen LogP) is 2.31. The van der Waals surface area contributed by atoms with Crippen molar-refractivity contribution >= 4 is 12.0 Å². The zero-order chi connectivity index (χ0) is 16.1. The van der Waals surface area contributed by atoms with E-state index in [-0.39, 0.29) is 13.1 Å². The van der Waals surface area contributed by atoms with Gasteiger partial charge in [0.1, 0.15) is 5.60 Å². The van der Waals surface area contributed by atoms with Crippen LogP contribution < -0.4 is 5.32 Å². The van der Waals surface area contributed by atoms with Gasteiger partial charge in [-0.1, -0.05) is 0 Å². The fourth-order valence-electron chi connectivity index (χ4n) is 1.39. The zero-order valence-corrected chi connectivity index (χ0v) is 12.3. The Morgan fingerprint density at radius 2 is 1.75 bits per heavy atom. The van der Waals surface area contributed by atoms with Gasteiger partial charge in [0.25, 0.3) is 0 Å². The van der Waals surface area contributed by atoms with E-state index in [2.05, 4.69) is 0 Å². The minimum atomic E-state index is -4.93. The minimum absolute atomic E-state index is 0.262. The summed E-state index contributed by atoms with van der Waals surface area (Å²) in [7, 11) is 0. The van der Waals surface area contributed by atoms with Gasteiger partial charge in [-0.2, -0.15) is 13.2 Å². The van der Waals surface area contributed by atoms with Gasteiger partial charge >= 0.3 is 18.2 Å². The molecule has 8 heteroatoms. The molecule has 0 aliphatic rings. The Morgan fingerprint density at radius 1 is 1.25 bits per heavy atom. The summed E-state index contributed by atoms with van der Waals surface area (Å²) < 4.78 is 41.3. The fraction of sp³-hybridized carbons (Fsp3) is 0.833. The van der Waals surface area contributed by atoms with Crippen LogP contribution in [0.4, 0.5) is 18.0 Å². The van der Waals surface area contributed by atoms with E-state index in [0.717, 1.165) is 0 Å². The Morgan fingerprint density at radius 3 is 2.10 bits per heavy atom. The molecule has 2 amide bonds. The molecule has 0 aromatic rings. The second-order valence-electron chi connectivity index (χ2n) is 5.32. The molecule has 0 radical (unpaired) electrons. The first kappa shape index (κ1) is 18.5. The summed E-state index contributed by atoms with van der Waals surface area (Å²) in [5.74, 6) is -2.02. The highest BCUT2D eigenvalue weighted by atomic mass is 19.4. The van der Waals surface area contributed by atoms with Gasteiger partial charge in [0.15, 0.2) is 0 Å². The summed E-state index contributed by atoms with van der Waals surface area (Å²) in [6.07, 6.45) is -5.56. The van der Waals surface area contributed by atoms with Crippen LogP contribution in [0.1, 0.15) is 34.6 Å². The first-order chi connectivity index (χ1) is 8.88. The Kier molecular flexibility index (Phi) is 6.31. The summed E-state index contributed by atoms with van der Waals surface area (Å²) in [5.41, 5.74) is -0.695. The van der Waals surface area contributed by atoms with E-state index in [1.165, 1.54) is 11.8 Å².